The van der Waals surface area contributed by atoms with E-state index < -0.39 is 6.10 Å². The van der Waals surface area contributed by atoms with E-state index in [2.05, 4.69) is 35.6 Å². The summed E-state index contributed by atoms with van der Waals surface area (Å²) in [6.07, 6.45) is 4.16. The summed E-state index contributed by atoms with van der Waals surface area (Å²) in [6, 6.07) is 16.5. The van der Waals surface area contributed by atoms with E-state index in [1.807, 2.05) is 12.1 Å². The molecule has 0 aromatic heterocycles. The minimum Gasteiger partial charge on any atom is -0.493 e. The Morgan fingerprint density at radius 1 is 1.07 bits per heavy atom. The van der Waals surface area contributed by atoms with Gasteiger partial charge in [-0.05, 0) is 48.1 Å². The highest BCUT2D eigenvalue weighted by Crippen LogP contribution is 2.61. The van der Waals surface area contributed by atoms with Crippen LogP contribution in [0.1, 0.15) is 54.4 Å². The minimum atomic E-state index is -1.16. The summed E-state index contributed by atoms with van der Waals surface area (Å²) >= 11 is 0. The first-order chi connectivity index (χ1) is 13.1. The first-order valence-electron chi connectivity index (χ1n) is 9.92. The Balaban J connectivity index is 1.16. The second-order valence-corrected chi connectivity index (χ2v) is 8.47. The van der Waals surface area contributed by atoms with Crippen molar-refractivity contribution in [1.82, 2.24) is 5.32 Å². The van der Waals surface area contributed by atoms with Crippen molar-refractivity contribution in [2.75, 3.05) is 6.61 Å². The van der Waals surface area contributed by atoms with Crippen molar-refractivity contribution in [2.24, 2.45) is 5.41 Å². The number of amides is 1. The fourth-order valence-corrected chi connectivity index (χ4v) is 5.24. The van der Waals surface area contributed by atoms with E-state index >= 15 is 0 Å². The largest absolute Gasteiger partial charge is 0.493 e. The van der Waals surface area contributed by atoms with Crippen LogP contribution < -0.4 is 10.1 Å². The van der Waals surface area contributed by atoms with Gasteiger partial charge in [0.2, 0.25) is 0 Å². The lowest BCUT2D eigenvalue weighted by atomic mass is 9.49. The number of fused-ring (bicyclic) bond motifs is 1. The van der Waals surface area contributed by atoms with E-state index in [1.165, 1.54) is 18.4 Å². The van der Waals surface area contributed by atoms with Crippen LogP contribution >= 0.6 is 0 Å². The minimum absolute atomic E-state index is 0.182. The van der Waals surface area contributed by atoms with E-state index in [4.69, 9.17) is 4.74 Å². The van der Waals surface area contributed by atoms with Gasteiger partial charge in [-0.2, -0.15) is 0 Å². The van der Waals surface area contributed by atoms with Gasteiger partial charge in [-0.3, -0.25) is 4.79 Å². The maximum absolute atomic E-state index is 12.5. The molecule has 2 saturated carbocycles. The van der Waals surface area contributed by atoms with E-state index in [0.717, 1.165) is 24.8 Å². The molecule has 5 rings (SSSR count). The topological polar surface area (TPSA) is 58.6 Å². The fraction of sp³-hybridized carbons (Fsp3) is 0.435. The van der Waals surface area contributed by atoms with Gasteiger partial charge in [0.25, 0.3) is 5.91 Å². The second kappa shape index (κ2) is 6.38. The van der Waals surface area contributed by atoms with Gasteiger partial charge < -0.3 is 15.2 Å². The summed E-state index contributed by atoms with van der Waals surface area (Å²) in [4.78, 5) is 12.5. The molecule has 1 unspecified atom stereocenters. The van der Waals surface area contributed by atoms with Crippen LogP contribution in [-0.2, 0) is 11.2 Å². The van der Waals surface area contributed by atoms with Crippen LogP contribution in [0.5, 0.6) is 5.75 Å². The van der Waals surface area contributed by atoms with E-state index in [1.54, 1.807) is 6.07 Å². The molecule has 2 aromatic carbocycles. The summed E-state index contributed by atoms with van der Waals surface area (Å²) < 4.78 is 5.62. The monoisotopic (exact) mass is 363 g/mol. The molecule has 3 aliphatic rings. The highest BCUT2D eigenvalue weighted by molar-refractivity contribution is 5.83. The molecule has 0 bridgehead atoms. The van der Waals surface area contributed by atoms with Crippen LogP contribution in [0.15, 0.2) is 48.5 Å². The Hall–Kier alpha value is -2.33. The predicted octanol–water partition coefficient (Wildman–Crippen LogP) is 3.50. The molecule has 1 amide bonds. The summed E-state index contributed by atoms with van der Waals surface area (Å²) in [7, 11) is 0. The zero-order valence-corrected chi connectivity index (χ0v) is 15.4. The van der Waals surface area contributed by atoms with Crippen LogP contribution in [0, 0.1) is 5.41 Å². The molecule has 1 heterocycles. The highest BCUT2D eigenvalue weighted by atomic mass is 16.5. The van der Waals surface area contributed by atoms with Gasteiger partial charge in [0, 0.05) is 18.0 Å². The lowest BCUT2D eigenvalue weighted by Crippen LogP contribution is -2.56. The number of carbonyl (C=O) groups is 1. The predicted molar refractivity (Wildman–Crippen MR) is 103 cm³/mol. The van der Waals surface area contributed by atoms with Gasteiger partial charge in [0.15, 0.2) is 6.10 Å². The summed E-state index contributed by atoms with van der Waals surface area (Å²) in [6.45, 7) is 0.619. The Bertz CT molecular complexity index is 849. The van der Waals surface area contributed by atoms with Gasteiger partial charge in [0.1, 0.15) is 5.75 Å². The molecule has 2 N–H and O–H groups in total. The SMILES string of the molecule is O=C(NC1CC2(C1)CC(c1ccccc1)C2)C(O)c1cccc2c1OCC2. The van der Waals surface area contributed by atoms with Gasteiger partial charge >= 0.3 is 0 Å². The number of aliphatic hydroxyl groups excluding tert-OH is 1. The quantitative estimate of drug-likeness (QED) is 0.874. The number of nitrogens with one attached hydrogen (secondary N) is 1. The summed E-state index contributed by atoms with van der Waals surface area (Å²) in [5, 5.41) is 13.6. The molecule has 0 saturated heterocycles. The Kier molecular flexibility index (Phi) is 3.97. The zero-order chi connectivity index (χ0) is 18.4. The van der Waals surface area contributed by atoms with Crippen LogP contribution in [0.25, 0.3) is 0 Å². The molecular weight excluding hydrogens is 338 g/mol. The number of ether oxygens (including phenoxy) is 1. The summed E-state index contributed by atoms with van der Waals surface area (Å²) in [5.41, 5.74) is 3.50. The van der Waals surface area contributed by atoms with E-state index in [9.17, 15) is 9.90 Å². The number of carbonyl (C=O) groups excluding carboxylic acids is 1. The van der Waals surface area contributed by atoms with Crippen LogP contribution in [-0.4, -0.2) is 23.7 Å². The number of rotatable bonds is 4. The third kappa shape index (κ3) is 2.92. The molecule has 140 valence electrons. The van der Waals surface area contributed by atoms with Gasteiger partial charge in [0.05, 0.1) is 6.61 Å². The lowest BCUT2D eigenvalue weighted by Gasteiger charge is -2.58. The molecule has 4 nitrogen and oxygen atoms in total. The Labute approximate surface area is 159 Å². The van der Waals surface area contributed by atoms with Crippen molar-refractivity contribution in [3.63, 3.8) is 0 Å². The van der Waals surface area contributed by atoms with Crippen molar-refractivity contribution >= 4 is 5.91 Å². The first kappa shape index (κ1) is 16.8. The van der Waals surface area contributed by atoms with Crippen molar-refractivity contribution < 1.29 is 14.6 Å². The van der Waals surface area contributed by atoms with Crippen molar-refractivity contribution in [2.45, 2.75) is 50.2 Å². The molecule has 2 aromatic rings. The van der Waals surface area contributed by atoms with Crippen molar-refractivity contribution in [3.05, 3.63) is 65.2 Å². The number of hydrogen-bond donors (Lipinski definition) is 2. The summed E-state index contributed by atoms with van der Waals surface area (Å²) in [5.74, 6) is 1.05. The normalized spacial score (nSPS) is 29.2. The van der Waals surface area contributed by atoms with Gasteiger partial charge in [-0.1, -0.05) is 48.5 Å². The van der Waals surface area contributed by atoms with E-state index in [0.29, 0.717) is 29.3 Å². The molecule has 27 heavy (non-hydrogen) atoms. The molecule has 0 radical (unpaired) electrons. The number of hydrogen-bond acceptors (Lipinski definition) is 3. The standard InChI is InChI=1S/C23H25NO3/c25-20(19-8-4-7-16-9-10-27-21(16)19)22(26)24-18-13-23(14-18)11-17(12-23)15-5-2-1-3-6-15/h1-8,17-18,20,25H,9-14H2,(H,24,26). The third-order valence-electron chi connectivity index (χ3n) is 6.62. The van der Waals surface area contributed by atoms with Crippen LogP contribution in [0.4, 0.5) is 0 Å². The molecule has 2 aliphatic carbocycles. The smallest absolute Gasteiger partial charge is 0.253 e. The molecule has 1 aliphatic heterocycles. The van der Waals surface area contributed by atoms with E-state index in [-0.39, 0.29) is 11.9 Å². The van der Waals surface area contributed by atoms with Gasteiger partial charge in [-0.15, -0.1) is 0 Å². The molecular formula is C23H25NO3. The molecule has 1 spiro atoms. The maximum atomic E-state index is 12.5. The fourth-order valence-electron chi connectivity index (χ4n) is 5.24. The van der Waals surface area contributed by atoms with Crippen LogP contribution in [0.3, 0.4) is 0 Å². The number of para-hydroxylation sites is 1. The number of aliphatic hydroxyl groups is 1. The lowest BCUT2D eigenvalue weighted by molar-refractivity contribution is -0.133. The average Bonchev–Trinajstić information content (AvgIpc) is 3.11. The maximum Gasteiger partial charge on any atom is 0.253 e. The van der Waals surface area contributed by atoms with Crippen molar-refractivity contribution in [1.29, 1.82) is 0 Å². The Morgan fingerprint density at radius 2 is 1.85 bits per heavy atom. The van der Waals surface area contributed by atoms with Crippen LogP contribution in [0.2, 0.25) is 0 Å². The third-order valence-corrected chi connectivity index (χ3v) is 6.62. The van der Waals surface area contributed by atoms with Crippen molar-refractivity contribution in [3.8, 4) is 5.75 Å². The average molecular weight is 363 g/mol. The zero-order valence-electron chi connectivity index (χ0n) is 15.4. The molecule has 4 heteroatoms. The Morgan fingerprint density at radius 3 is 2.63 bits per heavy atom. The first-order valence-corrected chi connectivity index (χ1v) is 9.92. The second-order valence-electron chi connectivity index (χ2n) is 8.47. The van der Waals surface area contributed by atoms with Gasteiger partial charge in [-0.25, -0.2) is 0 Å². The number of benzene rings is 2. The molecule has 2 fully saturated rings. The highest BCUT2D eigenvalue weighted by Gasteiger charge is 2.53. The molecule has 1 atom stereocenters.